The van der Waals surface area contributed by atoms with Gasteiger partial charge in [0.25, 0.3) is 5.69 Å². The van der Waals surface area contributed by atoms with Gasteiger partial charge in [-0.3, -0.25) is 10.1 Å². The Labute approximate surface area is 117 Å². The lowest BCUT2D eigenvalue weighted by atomic mass is 10.2. The number of rotatable bonds is 6. The fraction of sp³-hybridized carbons (Fsp3) is 0.167. The zero-order valence-electron chi connectivity index (χ0n) is 10.2. The van der Waals surface area contributed by atoms with E-state index in [1.165, 1.54) is 0 Å². The zero-order valence-corrected chi connectivity index (χ0v) is 11.0. The maximum atomic E-state index is 11.0. The first-order valence-electron chi connectivity index (χ1n) is 5.61. The van der Waals surface area contributed by atoms with Crippen LogP contribution in [0.5, 0.6) is 5.88 Å². The minimum Gasteiger partial charge on any atom is -0.477 e. The van der Waals surface area contributed by atoms with Crippen molar-refractivity contribution in [1.82, 2.24) is 4.98 Å². The van der Waals surface area contributed by atoms with Crippen LogP contribution in [0.4, 0.5) is 5.69 Å². The van der Waals surface area contributed by atoms with Gasteiger partial charge >= 0.3 is 5.97 Å². The monoisotopic (exact) mass is 294 g/mol. The van der Waals surface area contributed by atoms with Gasteiger partial charge in [0, 0.05) is 17.4 Å². The number of carboxylic acids is 1. The number of carboxylic acid groups (broad SMARTS) is 1. The molecule has 0 saturated carbocycles. The summed E-state index contributed by atoms with van der Waals surface area (Å²) in [5.74, 6) is -1.42. The van der Waals surface area contributed by atoms with Gasteiger partial charge in [0.1, 0.15) is 11.8 Å². The number of ether oxygens (including phenoxy) is 1. The molecular formula is C12H10N2O5S. The minimum atomic E-state index is -1.31. The summed E-state index contributed by atoms with van der Waals surface area (Å²) in [6, 6.07) is 4.79. The largest absolute Gasteiger partial charge is 0.477 e. The van der Waals surface area contributed by atoms with Gasteiger partial charge in [-0.05, 0) is 11.4 Å². The predicted molar refractivity (Wildman–Crippen MR) is 71.4 cm³/mol. The van der Waals surface area contributed by atoms with Gasteiger partial charge in [-0.1, -0.05) is 6.07 Å². The van der Waals surface area contributed by atoms with Crippen LogP contribution in [0, 0.1) is 10.1 Å². The maximum Gasteiger partial charge on any atom is 0.341 e. The van der Waals surface area contributed by atoms with Crippen molar-refractivity contribution in [3.63, 3.8) is 0 Å². The molecule has 2 aromatic heterocycles. The fourth-order valence-corrected chi connectivity index (χ4v) is 2.20. The number of hydrogen-bond donors (Lipinski definition) is 1. The molecule has 0 saturated heterocycles. The van der Waals surface area contributed by atoms with Gasteiger partial charge in [0.05, 0.1) is 11.5 Å². The average Bonchev–Trinajstić information content (AvgIpc) is 2.91. The number of thiophene rings is 1. The Bertz CT molecular complexity index is 627. The molecule has 1 N–H and O–H groups in total. The molecule has 7 nitrogen and oxygen atoms in total. The molecule has 2 aromatic rings. The van der Waals surface area contributed by atoms with E-state index in [2.05, 4.69) is 4.98 Å². The molecule has 0 aliphatic heterocycles. The van der Waals surface area contributed by atoms with Crippen molar-refractivity contribution < 1.29 is 19.6 Å². The molecule has 8 heteroatoms. The Balaban J connectivity index is 2.10. The van der Waals surface area contributed by atoms with Crippen LogP contribution in [-0.2, 0) is 6.42 Å². The molecule has 0 fully saturated rings. The number of aromatic nitrogens is 1. The van der Waals surface area contributed by atoms with Crippen LogP contribution in [0.1, 0.15) is 15.2 Å². The Hall–Kier alpha value is -2.48. The standard InChI is InChI=1S/C12H10N2O5S/c15-12(16)10-6-8(14(17)18)7-13-11(10)19-4-3-9-2-1-5-20-9/h1-2,5-7H,3-4H2,(H,15,16). The van der Waals surface area contributed by atoms with E-state index in [0.717, 1.165) is 17.1 Å². The molecule has 0 unspecified atom stereocenters. The van der Waals surface area contributed by atoms with Crippen LogP contribution >= 0.6 is 11.3 Å². The smallest absolute Gasteiger partial charge is 0.341 e. The molecule has 0 aliphatic rings. The van der Waals surface area contributed by atoms with Crippen molar-refractivity contribution in [2.45, 2.75) is 6.42 Å². The van der Waals surface area contributed by atoms with Crippen molar-refractivity contribution in [2.75, 3.05) is 6.61 Å². The summed E-state index contributed by atoms with van der Waals surface area (Å²) in [7, 11) is 0. The first kappa shape index (κ1) is 13.9. The van der Waals surface area contributed by atoms with Gasteiger partial charge in [-0.25, -0.2) is 9.78 Å². The van der Waals surface area contributed by atoms with Crippen LogP contribution in [0.25, 0.3) is 0 Å². The fourth-order valence-electron chi connectivity index (χ4n) is 1.51. The lowest BCUT2D eigenvalue weighted by Gasteiger charge is -2.07. The summed E-state index contributed by atoms with van der Waals surface area (Å²) >= 11 is 1.57. The molecule has 104 valence electrons. The first-order chi connectivity index (χ1) is 9.58. The van der Waals surface area contributed by atoms with Crippen LogP contribution in [0.15, 0.2) is 29.8 Å². The van der Waals surface area contributed by atoms with Crippen LogP contribution in [-0.4, -0.2) is 27.6 Å². The highest BCUT2D eigenvalue weighted by atomic mass is 32.1. The van der Waals surface area contributed by atoms with E-state index in [1.54, 1.807) is 11.3 Å². The van der Waals surface area contributed by atoms with Gasteiger partial charge < -0.3 is 9.84 Å². The van der Waals surface area contributed by atoms with E-state index in [1.807, 2.05) is 17.5 Å². The third-order valence-corrected chi connectivity index (χ3v) is 3.38. The third-order valence-electron chi connectivity index (χ3n) is 2.45. The summed E-state index contributed by atoms with van der Waals surface area (Å²) in [5.41, 5.74) is -0.696. The quantitative estimate of drug-likeness (QED) is 0.648. The predicted octanol–water partition coefficient (Wildman–Crippen LogP) is 2.37. The average molecular weight is 294 g/mol. The molecule has 0 aromatic carbocycles. The van der Waals surface area contributed by atoms with Gasteiger partial charge in [0.15, 0.2) is 0 Å². The van der Waals surface area contributed by atoms with Crippen LogP contribution < -0.4 is 4.74 Å². The van der Waals surface area contributed by atoms with E-state index >= 15 is 0 Å². The number of pyridine rings is 1. The lowest BCUT2D eigenvalue weighted by Crippen LogP contribution is -2.08. The molecule has 0 amide bonds. The number of nitrogens with zero attached hydrogens (tertiary/aromatic N) is 2. The molecule has 0 radical (unpaired) electrons. The highest BCUT2D eigenvalue weighted by molar-refractivity contribution is 7.09. The number of nitro groups is 1. The van der Waals surface area contributed by atoms with E-state index in [-0.39, 0.29) is 23.7 Å². The van der Waals surface area contributed by atoms with Crippen molar-refractivity contribution in [3.05, 3.63) is 50.3 Å². The van der Waals surface area contributed by atoms with Crippen molar-refractivity contribution in [3.8, 4) is 5.88 Å². The van der Waals surface area contributed by atoms with Gasteiger partial charge in [0.2, 0.25) is 5.88 Å². The zero-order chi connectivity index (χ0) is 14.5. The molecule has 0 bridgehead atoms. The second kappa shape index (κ2) is 6.11. The molecule has 2 rings (SSSR count). The summed E-state index contributed by atoms with van der Waals surface area (Å²) in [5, 5.41) is 21.5. The van der Waals surface area contributed by atoms with E-state index in [9.17, 15) is 14.9 Å². The summed E-state index contributed by atoms with van der Waals surface area (Å²) in [6.07, 6.45) is 1.60. The van der Waals surface area contributed by atoms with Crippen LogP contribution in [0.2, 0.25) is 0 Å². The SMILES string of the molecule is O=C(O)c1cc([N+](=O)[O-])cnc1OCCc1cccs1. The lowest BCUT2D eigenvalue weighted by molar-refractivity contribution is -0.385. The maximum absolute atomic E-state index is 11.0. The molecule has 0 aliphatic carbocycles. The number of aromatic carboxylic acids is 1. The van der Waals surface area contributed by atoms with Crippen LogP contribution in [0.3, 0.4) is 0 Å². The van der Waals surface area contributed by atoms with E-state index in [0.29, 0.717) is 6.42 Å². The Morgan fingerprint density at radius 3 is 2.95 bits per heavy atom. The van der Waals surface area contributed by atoms with E-state index < -0.39 is 10.9 Å². The van der Waals surface area contributed by atoms with Crippen molar-refractivity contribution in [2.24, 2.45) is 0 Å². The molecule has 2 heterocycles. The summed E-state index contributed by atoms with van der Waals surface area (Å²) < 4.78 is 5.30. The molecular weight excluding hydrogens is 284 g/mol. The summed E-state index contributed by atoms with van der Waals surface area (Å²) in [6.45, 7) is 0.256. The molecule has 0 atom stereocenters. The third kappa shape index (κ3) is 3.29. The Morgan fingerprint density at radius 1 is 1.55 bits per heavy atom. The van der Waals surface area contributed by atoms with E-state index in [4.69, 9.17) is 9.84 Å². The second-order valence-corrected chi connectivity index (χ2v) is 4.82. The molecule has 20 heavy (non-hydrogen) atoms. The summed E-state index contributed by atoms with van der Waals surface area (Å²) in [4.78, 5) is 25.7. The second-order valence-electron chi connectivity index (χ2n) is 3.79. The number of hydrogen-bond acceptors (Lipinski definition) is 6. The highest BCUT2D eigenvalue weighted by Gasteiger charge is 2.18. The van der Waals surface area contributed by atoms with Gasteiger partial charge in [-0.15, -0.1) is 11.3 Å². The highest BCUT2D eigenvalue weighted by Crippen LogP contribution is 2.21. The number of carbonyl (C=O) groups is 1. The topological polar surface area (TPSA) is 103 Å². The Morgan fingerprint density at radius 2 is 2.35 bits per heavy atom. The van der Waals surface area contributed by atoms with Gasteiger partial charge in [-0.2, -0.15) is 0 Å². The van der Waals surface area contributed by atoms with Crippen molar-refractivity contribution in [1.29, 1.82) is 0 Å². The van der Waals surface area contributed by atoms with Crippen molar-refractivity contribution >= 4 is 23.0 Å². The Kier molecular flexibility index (Phi) is 4.26. The molecule has 0 spiro atoms. The first-order valence-corrected chi connectivity index (χ1v) is 6.49. The normalized spacial score (nSPS) is 10.2. The minimum absolute atomic E-state index is 0.111.